The van der Waals surface area contributed by atoms with Gasteiger partial charge in [0.1, 0.15) is 0 Å². The number of carbonyl (C=O) groups excluding carboxylic acids is 1. The van der Waals surface area contributed by atoms with Gasteiger partial charge in [0.25, 0.3) is 0 Å². The van der Waals surface area contributed by atoms with Gasteiger partial charge in [0.2, 0.25) is 5.91 Å². The molecule has 1 saturated carbocycles. The van der Waals surface area contributed by atoms with Crippen molar-refractivity contribution in [3.63, 3.8) is 0 Å². The number of hydrogen-bond donors (Lipinski definition) is 1. The molecule has 1 unspecified atom stereocenters. The van der Waals surface area contributed by atoms with E-state index in [0.717, 1.165) is 38.8 Å². The molecule has 1 aliphatic heterocycles. The minimum absolute atomic E-state index is 0.340. The van der Waals surface area contributed by atoms with Crippen LogP contribution < -0.4 is 5.32 Å². The lowest BCUT2D eigenvalue weighted by atomic mass is 9.87. The minimum Gasteiger partial charge on any atom is -0.342 e. The fourth-order valence-corrected chi connectivity index (χ4v) is 4.15. The Kier molecular flexibility index (Phi) is 5.34. The number of amides is 1. The monoisotopic (exact) mass is 290 g/mol. The van der Waals surface area contributed by atoms with Crippen molar-refractivity contribution in [3.8, 4) is 0 Å². The molecule has 2 aliphatic carbocycles. The van der Waals surface area contributed by atoms with E-state index >= 15 is 0 Å². The van der Waals surface area contributed by atoms with Crippen LogP contribution in [0.4, 0.5) is 0 Å². The zero-order chi connectivity index (χ0) is 14.5. The molecule has 3 aliphatic rings. The molecule has 2 fully saturated rings. The van der Waals surface area contributed by atoms with Crippen molar-refractivity contribution in [2.24, 2.45) is 5.92 Å². The summed E-state index contributed by atoms with van der Waals surface area (Å²) in [6, 6.07) is 1.29. The van der Waals surface area contributed by atoms with Gasteiger partial charge in [-0.15, -0.1) is 0 Å². The molecule has 0 bridgehead atoms. The van der Waals surface area contributed by atoms with Crippen molar-refractivity contribution < 1.29 is 4.79 Å². The quantitative estimate of drug-likeness (QED) is 0.809. The number of rotatable bonds is 3. The topological polar surface area (TPSA) is 32.3 Å². The Balaban J connectivity index is 1.41. The third-order valence-electron chi connectivity index (χ3n) is 5.50. The van der Waals surface area contributed by atoms with Crippen LogP contribution in [-0.4, -0.2) is 36.0 Å². The average molecular weight is 290 g/mol. The summed E-state index contributed by atoms with van der Waals surface area (Å²) in [5, 5.41) is 3.81. The number of allylic oxidation sites excluding steroid dienone is 1. The van der Waals surface area contributed by atoms with Crippen molar-refractivity contribution in [1.82, 2.24) is 10.2 Å². The van der Waals surface area contributed by atoms with Gasteiger partial charge >= 0.3 is 0 Å². The molecule has 21 heavy (non-hydrogen) atoms. The smallest absolute Gasteiger partial charge is 0.225 e. The van der Waals surface area contributed by atoms with Gasteiger partial charge in [-0.25, -0.2) is 0 Å². The van der Waals surface area contributed by atoms with Crippen LogP contribution in [0.15, 0.2) is 12.2 Å². The highest BCUT2D eigenvalue weighted by atomic mass is 16.2. The van der Waals surface area contributed by atoms with Gasteiger partial charge in [-0.05, 0) is 44.9 Å². The summed E-state index contributed by atoms with van der Waals surface area (Å²) < 4.78 is 0. The third kappa shape index (κ3) is 4.09. The molecule has 1 N–H and O–H groups in total. The lowest BCUT2D eigenvalue weighted by Gasteiger charge is -2.37. The Hall–Kier alpha value is -0.830. The van der Waals surface area contributed by atoms with Crippen LogP contribution in [-0.2, 0) is 4.79 Å². The Bertz CT molecular complexity index is 365. The molecule has 1 amide bonds. The van der Waals surface area contributed by atoms with Gasteiger partial charge in [0.05, 0.1) is 0 Å². The van der Waals surface area contributed by atoms with Gasteiger partial charge in [-0.3, -0.25) is 4.79 Å². The summed E-state index contributed by atoms with van der Waals surface area (Å²) in [5.41, 5.74) is 0. The first-order chi connectivity index (χ1) is 10.3. The fourth-order valence-electron chi connectivity index (χ4n) is 4.15. The van der Waals surface area contributed by atoms with E-state index in [1.807, 2.05) is 0 Å². The minimum atomic E-state index is 0.340. The maximum absolute atomic E-state index is 12.5. The number of nitrogens with one attached hydrogen (secondary N) is 1. The maximum Gasteiger partial charge on any atom is 0.225 e. The number of carbonyl (C=O) groups is 1. The van der Waals surface area contributed by atoms with Crippen LogP contribution in [0.2, 0.25) is 0 Å². The maximum atomic E-state index is 12.5. The van der Waals surface area contributed by atoms with Crippen LogP contribution in [0.1, 0.15) is 64.2 Å². The molecule has 1 saturated heterocycles. The first-order valence-electron chi connectivity index (χ1n) is 9.03. The first kappa shape index (κ1) is 15.1. The number of piperidine rings is 1. The number of hydrogen-bond acceptors (Lipinski definition) is 2. The van der Waals surface area contributed by atoms with Gasteiger partial charge in [-0.2, -0.15) is 0 Å². The number of likely N-dealkylation sites (tertiary alicyclic amines) is 1. The van der Waals surface area contributed by atoms with E-state index in [4.69, 9.17) is 0 Å². The Labute approximate surface area is 129 Å². The molecule has 1 atom stereocenters. The van der Waals surface area contributed by atoms with Gasteiger partial charge in [-0.1, -0.05) is 31.4 Å². The fraction of sp³-hybridized carbons (Fsp3) is 0.833. The molecule has 0 aromatic carbocycles. The second kappa shape index (κ2) is 7.44. The normalized spacial score (nSPS) is 28.8. The molecule has 0 aromatic heterocycles. The van der Waals surface area contributed by atoms with E-state index in [9.17, 15) is 4.79 Å². The molecule has 3 nitrogen and oxygen atoms in total. The first-order valence-corrected chi connectivity index (χ1v) is 9.03. The zero-order valence-electron chi connectivity index (χ0n) is 13.2. The van der Waals surface area contributed by atoms with Crippen molar-refractivity contribution in [2.45, 2.75) is 76.3 Å². The van der Waals surface area contributed by atoms with Crippen molar-refractivity contribution >= 4 is 5.91 Å². The third-order valence-corrected chi connectivity index (χ3v) is 5.50. The van der Waals surface area contributed by atoms with Gasteiger partial charge in [0.15, 0.2) is 0 Å². The lowest BCUT2D eigenvalue weighted by molar-refractivity contribution is -0.137. The van der Waals surface area contributed by atoms with Crippen molar-refractivity contribution in [1.29, 1.82) is 0 Å². The van der Waals surface area contributed by atoms with E-state index in [0.29, 0.717) is 23.9 Å². The SMILES string of the molecule is O=C(C1CCCCC1)N1CCC(NC2CC=CCC2)CC1. The Morgan fingerprint density at radius 1 is 0.905 bits per heavy atom. The summed E-state index contributed by atoms with van der Waals surface area (Å²) >= 11 is 0. The summed E-state index contributed by atoms with van der Waals surface area (Å²) in [5.74, 6) is 0.792. The molecule has 118 valence electrons. The molecule has 3 rings (SSSR count). The van der Waals surface area contributed by atoms with Crippen LogP contribution in [0.3, 0.4) is 0 Å². The van der Waals surface area contributed by atoms with E-state index in [1.54, 1.807) is 0 Å². The summed E-state index contributed by atoms with van der Waals surface area (Å²) in [6.07, 6.45) is 16.6. The highest BCUT2D eigenvalue weighted by molar-refractivity contribution is 5.79. The van der Waals surface area contributed by atoms with Gasteiger partial charge < -0.3 is 10.2 Å². The van der Waals surface area contributed by atoms with Crippen molar-refractivity contribution in [2.75, 3.05) is 13.1 Å². The molecular weight excluding hydrogens is 260 g/mol. The Morgan fingerprint density at radius 3 is 2.33 bits per heavy atom. The second-order valence-electron chi connectivity index (χ2n) is 7.08. The predicted octanol–water partition coefficient (Wildman–Crippen LogP) is 3.26. The van der Waals surface area contributed by atoms with E-state index in [1.165, 1.54) is 38.5 Å². The Morgan fingerprint density at radius 2 is 1.67 bits per heavy atom. The molecule has 0 aromatic rings. The van der Waals surface area contributed by atoms with Gasteiger partial charge in [0, 0.05) is 31.1 Å². The summed E-state index contributed by atoms with van der Waals surface area (Å²) in [4.78, 5) is 14.7. The predicted molar refractivity (Wildman–Crippen MR) is 86.1 cm³/mol. The second-order valence-corrected chi connectivity index (χ2v) is 7.08. The molecule has 0 spiro atoms. The average Bonchev–Trinajstić information content (AvgIpc) is 2.57. The summed E-state index contributed by atoms with van der Waals surface area (Å²) in [6.45, 7) is 1.94. The molecule has 3 heteroatoms. The molecular formula is C18H30N2O. The van der Waals surface area contributed by atoms with Crippen LogP contribution in [0.25, 0.3) is 0 Å². The zero-order valence-corrected chi connectivity index (χ0v) is 13.2. The van der Waals surface area contributed by atoms with Crippen LogP contribution in [0.5, 0.6) is 0 Å². The highest BCUT2D eigenvalue weighted by Crippen LogP contribution is 2.26. The lowest BCUT2D eigenvalue weighted by Crippen LogP contribution is -2.49. The summed E-state index contributed by atoms with van der Waals surface area (Å²) in [7, 11) is 0. The van der Waals surface area contributed by atoms with E-state index in [-0.39, 0.29) is 0 Å². The van der Waals surface area contributed by atoms with E-state index in [2.05, 4.69) is 22.4 Å². The largest absolute Gasteiger partial charge is 0.342 e. The standard InChI is InChI=1S/C18H30N2O/c21-18(15-7-3-1-4-8-15)20-13-11-17(12-14-20)19-16-9-5-2-6-10-16/h2,5,15-17,19H,1,3-4,6-14H2. The van der Waals surface area contributed by atoms with Crippen LogP contribution >= 0.6 is 0 Å². The van der Waals surface area contributed by atoms with E-state index < -0.39 is 0 Å². The number of nitrogens with zero attached hydrogens (tertiary/aromatic N) is 1. The highest BCUT2D eigenvalue weighted by Gasteiger charge is 2.29. The molecule has 0 radical (unpaired) electrons. The van der Waals surface area contributed by atoms with Crippen molar-refractivity contribution in [3.05, 3.63) is 12.2 Å². The van der Waals surface area contributed by atoms with Crippen LogP contribution in [0, 0.1) is 5.92 Å². The molecule has 1 heterocycles.